The quantitative estimate of drug-likeness (QED) is 0.444. The van der Waals surface area contributed by atoms with Gasteiger partial charge in [0.2, 0.25) is 5.82 Å². The predicted molar refractivity (Wildman–Crippen MR) is 105 cm³/mol. The van der Waals surface area contributed by atoms with Gasteiger partial charge in [-0.2, -0.15) is 9.49 Å². The van der Waals surface area contributed by atoms with Crippen LogP contribution in [0.1, 0.15) is 31.2 Å². The number of methoxy groups -OCH3 is 1. The molecule has 0 aromatic heterocycles. The van der Waals surface area contributed by atoms with Crippen molar-refractivity contribution in [2.45, 2.75) is 31.2 Å². The number of carboxylic acid groups (broad SMARTS) is 1. The van der Waals surface area contributed by atoms with Gasteiger partial charge in [-0.15, -0.1) is 0 Å². The molecule has 1 fully saturated rings. The van der Waals surface area contributed by atoms with Crippen LogP contribution in [0.25, 0.3) is 0 Å². The molecule has 1 saturated carbocycles. The van der Waals surface area contributed by atoms with E-state index in [4.69, 9.17) is 9.47 Å². The molecule has 0 radical (unpaired) electrons. The molecule has 0 atom stereocenters. The van der Waals surface area contributed by atoms with E-state index in [1.54, 1.807) is 14.2 Å². The summed E-state index contributed by atoms with van der Waals surface area (Å²) in [4.78, 5) is 13.6. The fraction of sp³-hybridized carbons (Fsp3) is 0.600. The van der Waals surface area contributed by atoms with Crippen molar-refractivity contribution in [3.8, 4) is 5.75 Å². The van der Waals surface area contributed by atoms with Crippen molar-refractivity contribution >= 4 is 12.2 Å². The van der Waals surface area contributed by atoms with Gasteiger partial charge in [0, 0.05) is 32.8 Å². The minimum Gasteiger partial charge on any atom is -0.489 e. The van der Waals surface area contributed by atoms with Gasteiger partial charge in [0.15, 0.2) is 17.1 Å². The standard InChI is InChI=1S/C20H29F2N3O4/c1-24(10-12-28-3)11-13-29-16-7-6-15(17(21)18(16)22)14-23-25(2)20(19(26)27)8-4-5-9-20/h6-7,14H,4-5,8-13H2,1-3H3,(H,26,27). The Bertz CT molecular complexity index is 724. The molecule has 29 heavy (non-hydrogen) atoms. The van der Waals surface area contributed by atoms with E-state index in [9.17, 15) is 18.7 Å². The highest BCUT2D eigenvalue weighted by Gasteiger charge is 2.45. The lowest BCUT2D eigenvalue weighted by Gasteiger charge is -2.32. The molecule has 0 aliphatic heterocycles. The number of nitrogens with zero attached hydrogens (tertiary/aromatic N) is 3. The summed E-state index contributed by atoms with van der Waals surface area (Å²) in [6, 6.07) is 2.71. The molecule has 1 aliphatic carbocycles. The van der Waals surface area contributed by atoms with Gasteiger partial charge in [0.05, 0.1) is 12.8 Å². The maximum Gasteiger partial charge on any atom is 0.331 e. The van der Waals surface area contributed by atoms with Crippen LogP contribution in [0.4, 0.5) is 8.78 Å². The van der Waals surface area contributed by atoms with Crippen LogP contribution in [0, 0.1) is 11.6 Å². The number of ether oxygens (including phenoxy) is 2. The highest BCUT2D eigenvalue weighted by molar-refractivity contribution is 5.82. The van der Waals surface area contributed by atoms with Crippen LogP contribution in [-0.4, -0.2) is 80.2 Å². The third kappa shape index (κ3) is 5.63. The normalized spacial score (nSPS) is 15.9. The van der Waals surface area contributed by atoms with E-state index in [-0.39, 0.29) is 17.9 Å². The number of halogens is 2. The molecule has 0 saturated heterocycles. The lowest BCUT2D eigenvalue weighted by Crippen LogP contribution is -2.48. The van der Waals surface area contributed by atoms with E-state index in [0.29, 0.717) is 32.5 Å². The monoisotopic (exact) mass is 413 g/mol. The van der Waals surface area contributed by atoms with E-state index in [0.717, 1.165) is 19.1 Å². The fourth-order valence-corrected chi connectivity index (χ4v) is 3.32. The molecule has 1 aromatic carbocycles. The molecule has 0 bridgehead atoms. The van der Waals surface area contributed by atoms with Crippen molar-refractivity contribution in [1.29, 1.82) is 0 Å². The van der Waals surface area contributed by atoms with E-state index >= 15 is 0 Å². The largest absolute Gasteiger partial charge is 0.489 e. The molecule has 1 N–H and O–H groups in total. The van der Waals surface area contributed by atoms with Crippen molar-refractivity contribution in [3.05, 3.63) is 29.3 Å². The first-order chi connectivity index (χ1) is 13.8. The van der Waals surface area contributed by atoms with Crippen LogP contribution in [0.15, 0.2) is 17.2 Å². The summed E-state index contributed by atoms with van der Waals surface area (Å²) in [5.41, 5.74) is -1.17. The van der Waals surface area contributed by atoms with Gasteiger partial charge >= 0.3 is 5.97 Å². The Labute approximate surface area is 169 Å². The smallest absolute Gasteiger partial charge is 0.331 e. The summed E-state index contributed by atoms with van der Waals surface area (Å²) >= 11 is 0. The van der Waals surface area contributed by atoms with Crippen molar-refractivity contribution in [2.24, 2.45) is 5.10 Å². The second-order valence-corrected chi connectivity index (χ2v) is 7.24. The van der Waals surface area contributed by atoms with Crippen molar-refractivity contribution in [3.63, 3.8) is 0 Å². The van der Waals surface area contributed by atoms with Gasteiger partial charge in [-0.1, -0.05) is 12.8 Å². The molecule has 0 unspecified atom stereocenters. The van der Waals surface area contributed by atoms with Crippen molar-refractivity contribution in [1.82, 2.24) is 9.91 Å². The first-order valence-corrected chi connectivity index (χ1v) is 9.61. The molecule has 0 spiro atoms. The first-order valence-electron chi connectivity index (χ1n) is 9.61. The lowest BCUT2D eigenvalue weighted by molar-refractivity contribution is -0.150. The maximum absolute atomic E-state index is 14.4. The van der Waals surface area contributed by atoms with Gasteiger partial charge in [-0.05, 0) is 32.0 Å². The lowest BCUT2D eigenvalue weighted by atomic mass is 9.98. The third-order valence-corrected chi connectivity index (χ3v) is 5.30. The number of rotatable bonds is 11. The Kier molecular flexibility index (Phi) is 8.33. The number of carbonyl (C=O) groups is 1. The van der Waals surface area contributed by atoms with Crippen molar-refractivity contribution in [2.75, 3.05) is 47.5 Å². The average molecular weight is 413 g/mol. The zero-order chi connectivity index (χ0) is 21.4. The average Bonchev–Trinajstić information content (AvgIpc) is 3.20. The maximum atomic E-state index is 14.4. The number of likely N-dealkylation sites (N-methyl/N-ethyl adjacent to an activating group) is 2. The fourth-order valence-electron chi connectivity index (χ4n) is 3.32. The Balaban J connectivity index is 2.01. The minimum atomic E-state index is -1.09. The Hall–Kier alpha value is -2.26. The summed E-state index contributed by atoms with van der Waals surface area (Å²) < 4.78 is 39.0. The Morgan fingerprint density at radius 3 is 2.48 bits per heavy atom. The van der Waals surface area contributed by atoms with Gasteiger partial charge in [0.1, 0.15) is 6.61 Å². The van der Waals surface area contributed by atoms with E-state index in [2.05, 4.69) is 5.10 Å². The van der Waals surface area contributed by atoms with Crippen LogP contribution in [0.5, 0.6) is 5.75 Å². The van der Waals surface area contributed by atoms with Crippen molar-refractivity contribution < 1.29 is 28.2 Å². The second kappa shape index (κ2) is 10.5. The van der Waals surface area contributed by atoms with Gasteiger partial charge in [-0.3, -0.25) is 5.01 Å². The molecular weight excluding hydrogens is 384 g/mol. The van der Waals surface area contributed by atoms with Gasteiger partial charge in [0.25, 0.3) is 0 Å². The summed E-state index contributed by atoms with van der Waals surface area (Å²) in [5.74, 6) is -3.31. The molecule has 162 valence electrons. The van der Waals surface area contributed by atoms with Crippen LogP contribution >= 0.6 is 0 Å². The first kappa shape index (κ1) is 23.0. The molecule has 1 aliphatic rings. The SMILES string of the molecule is COCCN(C)CCOc1ccc(C=NN(C)C2(C(=O)O)CCCC2)c(F)c1F. The number of aliphatic carboxylic acids is 1. The van der Waals surface area contributed by atoms with Crippen LogP contribution in [0.3, 0.4) is 0 Å². The number of hydrazone groups is 1. The zero-order valence-corrected chi connectivity index (χ0v) is 17.2. The van der Waals surface area contributed by atoms with Crippen LogP contribution < -0.4 is 4.74 Å². The summed E-state index contributed by atoms with van der Waals surface area (Å²) in [6.07, 6.45) is 3.67. The predicted octanol–water partition coefficient (Wildman–Crippen LogP) is 2.58. The summed E-state index contributed by atoms with van der Waals surface area (Å²) in [5, 5.41) is 15.0. The van der Waals surface area contributed by atoms with E-state index in [1.807, 2.05) is 11.9 Å². The number of hydrogen-bond donors (Lipinski definition) is 1. The Morgan fingerprint density at radius 2 is 1.86 bits per heavy atom. The molecule has 9 heteroatoms. The zero-order valence-electron chi connectivity index (χ0n) is 17.2. The number of hydrogen-bond acceptors (Lipinski definition) is 6. The highest BCUT2D eigenvalue weighted by Crippen LogP contribution is 2.35. The van der Waals surface area contributed by atoms with Gasteiger partial charge < -0.3 is 19.5 Å². The minimum absolute atomic E-state index is 0.0718. The van der Waals surface area contributed by atoms with E-state index in [1.165, 1.54) is 17.1 Å². The molecule has 1 aromatic rings. The topological polar surface area (TPSA) is 74.6 Å². The molecular formula is C20H29F2N3O4. The van der Waals surface area contributed by atoms with Crippen LogP contribution in [0.2, 0.25) is 0 Å². The molecule has 0 heterocycles. The summed E-state index contributed by atoms with van der Waals surface area (Å²) in [7, 11) is 5.03. The summed E-state index contributed by atoms with van der Waals surface area (Å²) in [6.45, 7) is 2.02. The van der Waals surface area contributed by atoms with E-state index < -0.39 is 23.1 Å². The van der Waals surface area contributed by atoms with Crippen LogP contribution in [-0.2, 0) is 9.53 Å². The molecule has 7 nitrogen and oxygen atoms in total. The number of carboxylic acids is 1. The number of benzene rings is 1. The highest BCUT2D eigenvalue weighted by atomic mass is 19.2. The third-order valence-electron chi connectivity index (χ3n) is 5.30. The second-order valence-electron chi connectivity index (χ2n) is 7.24. The Morgan fingerprint density at radius 1 is 1.21 bits per heavy atom. The van der Waals surface area contributed by atoms with Gasteiger partial charge in [-0.25, -0.2) is 9.18 Å². The molecule has 2 rings (SSSR count). The molecule has 0 amide bonds.